The van der Waals surface area contributed by atoms with Gasteiger partial charge in [-0.25, -0.2) is 0 Å². The van der Waals surface area contributed by atoms with Gasteiger partial charge in [-0.15, -0.1) is 0 Å². The summed E-state index contributed by atoms with van der Waals surface area (Å²) >= 11 is 0. The zero-order chi connectivity index (χ0) is 18.7. The number of rotatable bonds is 11. The van der Waals surface area contributed by atoms with Crippen LogP contribution in [0.4, 0.5) is 0 Å². The van der Waals surface area contributed by atoms with Crippen LogP contribution in [-0.2, 0) is 23.2 Å². The number of fused-ring (bicyclic) bond motifs is 5. The van der Waals surface area contributed by atoms with Crippen molar-refractivity contribution in [1.29, 1.82) is 0 Å². The van der Waals surface area contributed by atoms with Crippen molar-refractivity contribution in [3.8, 4) is 0 Å². The molecule has 0 N–H and O–H groups in total. The number of nitrogens with zero attached hydrogens (tertiary/aromatic N) is 1. The third kappa shape index (κ3) is 3.83. The van der Waals surface area contributed by atoms with Crippen LogP contribution in [0.1, 0.15) is 46.0 Å². The number of hydrogen-bond acceptors (Lipinski definition) is 5. The molecule has 2 amide bonds. The molecular formula is C19H30NO5P. The minimum atomic E-state index is -2.95. The first kappa shape index (κ1) is 19.8. The normalized spacial score (nSPS) is 29.8. The molecule has 4 atom stereocenters. The monoisotopic (exact) mass is 383 g/mol. The summed E-state index contributed by atoms with van der Waals surface area (Å²) in [4.78, 5) is 26.7. The quantitative estimate of drug-likeness (QED) is 0.236. The van der Waals surface area contributed by atoms with E-state index in [9.17, 15) is 14.2 Å². The lowest BCUT2D eigenvalue weighted by molar-refractivity contribution is -0.140. The molecule has 2 aliphatic carbocycles. The van der Waals surface area contributed by atoms with Crippen LogP contribution in [0.25, 0.3) is 0 Å². The van der Waals surface area contributed by atoms with Crippen molar-refractivity contribution in [2.45, 2.75) is 46.0 Å². The van der Waals surface area contributed by atoms with Gasteiger partial charge < -0.3 is 9.05 Å². The number of unbranched alkanes of at least 4 members (excludes halogenated alkanes) is 3. The van der Waals surface area contributed by atoms with E-state index >= 15 is 0 Å². The molecule has 0 spiro atoms. The Balaban J connectivity index is 1.38. The number of likely N-dealkylation sites (tertiary alicyclic amines) is 1. The molecule has 1 aliphatic heterocycles. The average molecular weight is 383 g/mol. The third-order valence-electron chi connectivity index (χ3n) is 5.78. The summed E-state index contributed by atoms with van der Waals surface area (Å²) in [5, 5.41) is 0. The topological polar surface area (TPSA) is 72.9 Å². The highest BCUT2D eigenvalue weighted by Crippen LogP contribution is 2.52. The molecule has 4 unspecified atom stereocenters. The number of carbonyl (C=O) groups is 2. The van der Waals surface area contributed by atoms with Crippen molar-refractivity contribution in [1.82, 2.24) is 4.90 Å². The van der Waals surface area contributed by atoms with Crippen molar-refractivity contribution in [3.05, 3.63) is 12.2 Å². The van der Waals surface area contributed by atoms with Gasteiger partial charge in [0.2, 0.25) is 11.8 Å². The summed E-state index contributed by atoms with van der Waals surface area (Å²) in [5.74, 6) is 0.431. The number of hydrogen-bond donors (Lipinski definition) is 0. The van der Waals surface area contributed by atoms with E-state index in [4.69, 9.17) is 9.05 Å². The first-order chi connectivity index (χ1) is 12.5. The molecule has 1 heterocycles. The molecule has 2 fully saturated rings. The Morgan fingerprint density at radius 2 is 1.50 bits per heavy atom. The molecule has 2 bridgehead atoms. The highest BCUT2D eigenvalue weighted by Gasteiger charge is 2.58. The Labute approximate surface area is 155 Å². The van der Waals surface area contributed by atoms with Crippen LogP contribution < -0.4 is 0 Å². The Hall–Kier alpha value is -0.970. The van der Waals surface area contributed by atoms with Gasteiger partial charge in [0.15, 0.2) is 0 Å². The lowest BCUT2D eigenvalue weighted by Crippen LogP contribution is -2.33. The summed E-state index contributed by atoms with van der Waals surface area (Å²) in [6, 6.07) is 0. The molecule has 3 aliphatic rings. The molecule has 0 radical (unpaired) electrons. The number of allylic oxidation sites excluding steroid dienone is 2. The van der Waals surface area contributed by atoms with Gasteiger partial charge in [0.05, 0.1) is 31.2 Å². The maximum Gasteiger partial charge on any atom is 0.330 e. The fraction of sp³-hybridized carbons (Fsp3) is 0.789. The van der Waals surface area contributed by atoms with Crippen LogP contribution in [-0.4, -0.2) is 42.6 Å². The van der Waals surface area contributed by atoms with Crippen molar-refractivity contribution < 1.29 is 23.2 Å². The molecule has 0 aromatic rings. The standard InChI is InChI=1S/C19H30NO5P/c1-3-24-26(23,25-4-2)12-8-6-5-7-11-20-18(21)16-14-9-10-15(13-14)17(16)19(20)22/h9-10,14-17H,3-8,11-13H2,1-2H3. The summed E-state index contributed by atoms with van der Waals surface area (Å²) < 4.78 is 22.9. The smallest absolute Gasteiger partial charge is 0.309 e. The Morgan fingerprint density at radius 3 is 2.04 bits per heavy atom. The zero-order valence-corrected chi connectivity index (χ0v) is 16.7. The fourth-order valence-corrected chi connectivity index (χ4v) is 6.40. The van der Waals surface area contributed by atoms with Gasteiger partial charge >= 0.3 is 7.60 Å². The maximum absolute atomic E-state index is 12.6. The lowest BCUT2D eigenvalue weighted by Gasteiger charge is -2.18. The summed E-state index contributed by atoms with van der Waals surface area (Å²) in [6.07, 6.45) is 8.99. The molecule has 1 saturated carbocycles. The van der Waals surface area contributed by atoms with Gasteiger partial charge in [-0.1, -0.05) is 25.0 Å². The number of carbonyl (C=O) groups excluding carboxylic acids is 2. The Bertz CT molecular complexity index is 579. The molecule has 7 heteroatoms. The minimum Gasteiger partial charge on any atom is -0.309 e. The van der Waals surface area contributed by atoms with E-state index in [1.54, 1.807) is 0 Å². The van der Waals surface area contributed by atoms with Crippen LogP contribution in [0.3, 0.4) is 0 Å². The molecule has 0 aromatic heterocycles. The fourth-order valence-electron chi connectivity index (χ4n) is 4.67. The molecular weight excluding hydrogens is 353 g/mol. The molecule has 0 aromatic carbocycles. The van der Waals surface area contributed by atoms with Gasteiger partial charge in [0, 0.05) is 6.54 Å². The second-order valence-electron chi connectivity index (χ2n) is 7.41. The molecule has 26 heavy (non-hydrogen) atoms. The third-order valence-corrected chi connectivity index (χ3v) is 7.94. The van der Waals surface area contributed by atoms with E-state index in [0.717, 1.165) is 32.1 Å². The molecule has 6 nitrogen and oxygen atoms in total. The van der Waals surface area contributed by atoms with Crippen molar-refractivity contribution in [2.75, 3.05) is 25.9 Å². The maximum atomic E-state index is 12.6. The van der Waals surface area contributed by atoms with E-state index in [-0.39, 0.29) is 35.5 Å². The van der Waals surface area contributed by atoms with Crippen molar-refractivity contribution in [2.24, 2.45) is 23.7 Å². The van der Waals surface area contributed by atoms with Crippen LogP contribution in [0, 0.1) is 23.7 Å². The van der Waals surface area contributed by atoms with Gasteiger partial charge in [0.25, 0.3) is 0 Å². The highest BCUT2D eigenvalue weighted by molar-refractivity contribution is 7.53. The SMILES string of the molecule is CCOP(=O)(CCCCCCN1C(=O)C2C3C=CC(C3)C2C1=O)OCC. The van der Waals surface area contributed by atoms with Gasteiger partial charge in [-0.3, -0.25) is 19.1 Å². The van der Waals surface area contributed by atoms with Crippen molar-refractivity contribution in [3.63, 3.8) is 0 Å². The van der Waals surface area contributed by atoms with Crippen LogP contribution in [0.15, 0.2) is 12.2 Å². The summed E-state index contributed by atoms with van der Waals surface area (Å²) in [6.45, 7) is 4.91. The second kappa shape index (κ2) is 8.37. The number of imide groups is 1. The number of amides is 2. The first-order valence-electron chi connectivity index (χ1n) is 9.92. The highest BCUT2D eigenvalue weighted by atomic mass is 31.2. The summed E-state index contributed by atoms with van der Waals surface area (Å²) in [5.41, 5.74) is 0. The Kier molecular flexibility index (Phi) is 6.37. The van der Waals surface area contributed by atoms with E-state index in [1.807, 2.05) is 13.8 Å². The zero-order valence-electron chi connectivity index (χ0n) is 15.8. The predicted molar refractivity (Wildman–Crippen MR) is 98.6 cm³/mol. The van der Waals surface area contributed by atoms with E-state index in [1.165, 1.54) is 4.90 Å². The molecule has 146 valence electrons. The van der Waals surface area contributed by atoms with E-state index in [0.29, 0.717) is 25.9 Å². The largest absolute Gasteiger partial charge is 0.330 e. The average Bonchev–Trinajstić information content (AvgIpc) is 3.27. The van der Waals surface area contributed by atoms with Crippen LogP contribution >= 0.6 is 7.60 Å². The second-order valence-corrected chi connectivity index (χ2v) is 9.60. The minimum absolute atomic E-state index is 0.0362. The van der Waals surface area contributed by atoms with E-state index in [2.05, 4.69) is 12.2 Å². The molecule has 1 saturated heterocycles. The molecule has 3 rings (SSSR count). The predicted octanol–water partition coefficient (Wildman–Crippen LogP) is 3.62. The lowest BCUT2D eigenvalue weighted by atomic mass is 9.85. The van der Waals surface area contributed by atoms with Gasteiger partial charge in [0.1, 0.15) is 0 Å². The summed E-state index contributed by atoms with van der Waals surface area (Å²) in [7, 11) is -2.95. The van der Waals surface area contributed by atoms with Crippen LogP contribution in [0.5, 0.6) is 0 Å². The van der Waals surface area contributed by atoms with Crippen molar-refractivity contribution >= 4 is 19.4 Å². The Morgan fingerprint density at radius 1 is 0.962 bits per heavy atom. The van der Waals surface area contributed by atoms with Crippen LogP contribution in [0.2, 0.25) is 0 Å². The van der Waals surface area contributed by atoms with Gasteiger partial charge in [-0.05, 0) is 44.9 Å². The van der Waals surface area contributed by atoms with E-state index < -0.39 is 7.60 Å². The first-order valence-corrected chi connectivity index (χ1v) is 11.6. The van der Waals surface area contributed by atoms with Gasteiger partial charge in [-0.2, -0.15) is 0 Å².